The molecule has 19 heavy (non-hydrogen) atoms. The molecule has 0 saturated carbocycles. The number of carbonyl (C=O) groups is 1. The van der Waals surface area contributed by atoms with E-state index in [1.54, 1.807) is 0 Å². The fraction of sp³-hybridized carbons (Fsp3) is 0.923. The molecule has 1 heterocycles. The highest BCUT2D eigenvalue weighted by Gasteiger charge is 2.35. The Morgan fingerprint density at radius 1 is 1.37 bits per heavy atom. The van der Waals surface area contributed by atoms with Gasteiger partial charge in [0, 0.05) is 35.4 Å². The fourth-order valence-corrected chi connectivity index (χ4v) is 3.69. The zero-order valence-corrected chi connectivity index (χ0v) is 12.8. The SMILES string of the molecule is CCNC(CC)(CCCN1CCS(=O)CC1)C(=O)O. The lowest BCUT2D eigenvalue weighted by Gasteiger charge is -2.31. The highest BCUT2D eigenvalue weighted by atomic mass is 32.2. The van der Waals surface area contributed by atoms with Crippen molar-refractivity contribution < 1.29 is 14.1 Å². The average Bonchev–Trinajstić information content (AvgIpc) is 2.39. The smallest absolute Gasteiger partial charge is 0.323 e. The molecule has 0 aromatic heterocycles. The van der Waals surface area contributed by atoms with Crippen LogP contribution in [0, 0.1) is 0 Å². The molecule has 112 valence electrons. The van der Waals surface area contributed by atoms with Gasteiger partial charge >= 0.3 is 5.97 Å². The number of nitrogens with one attached hydrogen (secondary N) is 1. The van der Waals surface area contributed by atoms with E-state index >= 15 is 0 Å². The van der Waals surface area contributed by atoms with E-state index in [1.807, 2.05) is 13.8 Å². The van der Waals surface area contributed by atoms with Crippen LogP contribution in [0.25, 0.3) is 0 Å². The van der Waals surface area contributed by atoms with Crippen molar-refractivity contribution in [3.63, 3.8) is 0 Å². The van der Waals surface area contributed by atoms with Crippen molar-refractivity contribution in [2.24, 2.45) is 0 Å². The van der Waals surface area contributed by atoms with Gasteiger partial charge < -0.3 is 15.3 Å². The molecule has 0 radical (unpaired) electrons. The molecule has 0 bridgehead atoms. The number of nitrogens with zero attached hydrogens (tertiary/aromatic N) is 1. The van der Waals surface area contributed by atoms with Crippen molar-refractivity contribution in [1.82, 2.24) is 10.2 Å². The van der Waals surface area contributed by atoms with Gasteiger partial charge in [-0.25, -0.2) is 0 Å². The van der Waals surface area contributed by atoms with Gasteiger partial charge in [0.05, 0.1) is 0 Å². The van der Waals surface area contributed by atoms with Crippen molar-refractivity contribution >= 4 is 16.8 Å². The molecule has 0 aromatic rings. The monoisotopic (exact) mass is 290 g/mol. The zero-order chi connectivity index (χ0) is 14.3. The van der Waals surface area contributed by atoms with Crippen LogP contribution in [0.1, 0.15) is 33.1 Å². The molecule has 1 unspecified atom stereocenters. The Labute approximate surface area is 118 Å². The number of hydrogen-bond acceptors (Lipinski definition) is 4. The number of likely N-dealkylation sites (N-methyl/N-ethyl adjacent to an activating group) is 1. The van der Waals surface area contributed by atoms with Gasteiger partial charge in [-0.1, -0.05) is 13.8 Å². The number of aliphatic carboxylic acids is 1. The molecule has 1 rings (SSSR count). The van der Waals surface area contributed by atoms with Crippen LogP contribution in [0.2, 0.25) is 0 Å². The van der Waals surface area contributed by atoms with E-state index in [9.17, 15) is 14.1 Å². The first-order chi connectivity index (χ1) is 9.04. The molecule has 1 aliphatic rings. The highest BCUT2D eigenvalue weighted by molar-refractivity contribution is 7.85. The van der Waals surface area contributed by atoms with Crippen molar-refractivity contribution in [3.8, 4) is 0 Å². The summed E-state index contributed by atoms with van der Waals surface area (Å²) < 4.78 is 11.3. The molecule has 1 atom stereocenters. The van der Waals surface area contributed by atoms with E-state index in [4.69, 9.17) is 0 Å². The Morgan fingerprint density at radius 2 is 2.00 bits per heavy atom. The molecular weight excluding hydrogens is 264 g/mol. The predicted molar refractivity (Wildman–Crippen MR) is 77.9 cm³/mol. The second-order valence-electron chi connectivity index (χ2n) is 5.06. The molecule has 2 N–H and O–H groups in total. The van der Waals surface area contributed by atoms with Crippen molar-refractivity contribution in [2.75, 3.05) is 37.7 Å². The van der Waals surface area contributed by atoms with Gasteiger partial charge in [0.1, 0.15) is 5.54 Å². The van der Waals surface area contributed by atoms with E-state index in [-0.39, 0.29) is 0 Å². The van der Waals surface area contributed by atoms with E-state index in [1.165, 1.54) is 0 Å². The van der Waals surface area contributed by atoms with Crippen LogP contribution < -0.4 is 5.32 Å². The third-order valence-electron chi connectivity index (χ3n) is 3.88. The molecule has 6 heteroatoms. The van der Waals surface area contributed by atoms with Gasteiger partial charge in [-0.2, -0.15) is 0 Å². The van der Waals surface area contributed by atoms with E-state index < -0.39 is 22.3 Å². The summed E-state index contributed by atoms with van der Waals surface area (Å²) in [5.41, 5.74) is -0.784. The zero-order valence-electron chi connectivity index (χ0n) is 12.0. The minimum Gasteiger partial charge on any atom is -0.480 e. The molecule has 0 spiro atoms. The van der Waals surface area contributed by atoms with E-state index in [2.05, 4.69) is 10.2 Å². The maximum atomic E-state index is 11.5. The molecule has 5 nitrogen and oxygen atoms in total. The van der Waals surface area contributed by atoms with Crippen LogP contribution in [0.3, 0.4) is 0 Å². The van der Waals surface area contributed by atoms with Crippen LogP contribution in [0.4, 0.5) is 0 Å². The van der Waals surface area contributed by atoms with E-state index in [0.717, 1.165) is 37.6 Å². The molecule has 0 aromatic carbocycles. The summed E-state index contributed by atoms with van der Waals surface area (Å²) in [4.78, 5) is 13.7. The first-order valence-corrected chi connectivity index (χ1v) is 8.58. The lowest BCUT2D eigenvalue weighted by atomic mass is 9.90. The Bertz CT molecular complexity index is 315. The second kappa shape index (κ2) is 7.97. The minimum atomic E-state index is -0.784. The Kier molecular flexibility index (Phi) is 6.96. The maximum Gasteiger partial charge on any atom is 0.323 e. The van der Waals surface area contributed by atoms with Crippen LogP contribution in [0.15, 0.2) is 0 Å². The van der Waals surface area contributed by atoms with Gasteiger partial charge in [0.15, 0.2) is 0 Å². The number of rotatable bonds is 8. The summed E-state index contributed by atoms with van der Waals surface area (Å²) in [5.74, 6) is 0.757. The summed E-state index contributed by atoms with van der Waals surface area (Å²) in [6.45, 7) is 7.18. The summed E-state index contributed by atoms with van der Waals surface area (Å²) >= 11 is 0. The summed E-state index contributed by atoms with van der Waals surface area (Å²) in [7, 11) is -0.644. The largest absolute Gasteiger partial charge is 0.480 e. The van der Waals surface area contributed by atoms with E-state index in [0.29, 0.717) is 19.4 Å². The third-order valence-corrected chi connectivity index (χ3v) is 5.15. The van der Waals surface area contributed by atoms with Crippen molar-refractivity contribution in [3.05, 3.63) is 0 Å². The highest BCUT2D eigenvalue weighted by Crippen LogP contribution is 2.18. The van der Waals surface area contributed by atoms with Gasteiger partial charge in [0.25, 0.3) is 0 Å². The second-order valence-corrected chi connectivity index (χ2v) is 6.76. The fourth-order valence-electron chi connectivity index (χ4n) is 2.57. The first-order valence-electron chi connectivity index (χ1n) is 7.10. The molecular formula is C13H26N2O3S. The lowest BCUT2D eigenvalue weighted by Crippen LogP contribution is -2.52. The molecule has 1 saturated heterocycles. The van der Waals surface area contributed by atoms with Gasteiger partial charge in [-0.15, -0.1) is 0 Å². The summed E-state index contributed by atoms with van der Waals surface area (Å²) in [6.07, 6.45) is 2.10. The lowest BCUT2D eigenvalue weighted by molar-refractivity contribution is -0.145. The number of carboxylic acids is 1. The first kappa shape index (κ1) is 16.6. The maximum absolute atomic E-state index is 11.5. The van der Waals surface area contributed by atoms with Crippen LogP contribution in [-0.4, -0.2) is 63.4 Å². The molecule has 0 amide bonds. The third kappa shape index (κ3) is 4.85. The molecule has 0 aliphatic carbocycles. The summed E-state index contributed by atoms with van der Waals surface area (Å²) in [6, 6.07) is 0. The number of hydrogen-bond donors (Lipinski definition) is 2. The quantitative estimate of drug-likeness (QED) is 0.688. The summed E-state index contributed by atoms with van der Waals surface area (Å²) in [5, 5.41) is 12.5. The van der Waals surface area contributed by atoms with Gasteiger partial charge in [-0.05, 0) is 32.4 Å². The van der Waals surface area contributed by atoms with Crippen LogP contribution in [0.5, 0.6) is 0 Å². The normalized spacial score (nSPS) is 21.2. The Balaban J connectivity index is 2.39. The molecule has 1 aliphatic heterocycles. The van der Waals surface area contributed by atoms with Gasteiger partial charge in [-0.3, -0.25) is 9.00 Å². The minimum absolute atomic E-state index is 0.597. The van der Waals surface area contributed by atoms with Crippen molar-refractivity contribution in [2.45, 2.75) is 38.6 Å². The standard InChI is InChI=1S/C13H26N2O3S/c1-3-13(12(16)17,14-4-2)6-5-7-15-8-10-19(18)11-9-15/h14H,3-11H2,1-2H3,(H,16,17). The van der Waals surface area contributed by atoms with Gasteiger partial charge in [0.2, 0.25) is 0 Å². The predicted octanol–water partition coefficient (Wildman–Crippen LogP) is 0.674. The van der Waals surface area contributed by atoms with Crippen LogP contribution in [-0.2, 0) is 15.6 Å². The topological polar surface area (TPSA) is 69.6 Å². The average molecular weight is 290 g/mol. The molecule has 1 fully saturated rings. The Hall–Kier alpha value is -0.460. The van der Waals surface area contributed by atoms with Crippen LogP contribution >= 0.6 is 0 Å². The Morgan fingerprint density at radius 3 is 2.47 bits per heavy atom. The number of carboxylic acid groups (broad SMARTS) is 1. The van der Waals surface area contributed by atoms with Crippen molar-refractivity contribution in [1.29, 1.82) is 0 Å².